The van der Waals surface area contributed by atoms with E-state index in [0.29, 0.717) is 34.2 Å². The fourth-order valence-electron chi connectivity index (χ4n) is 3.92. The molecule has 11 nitrogen and oxygen atoms in total. The van der Waals surface area contributed by atoms with Crippen LogP contribution in [0.25, 0.3) is 0 Å². The van der Waals surface area contributed by atoms with Crippen molar-refractivity contribution in [3.05, 3.63) is 108 Å². The number of carbonyl (C=O) groups excluding carboxylic acids is 2. The number of anilines is 2. The molecule has 0 fully saturated rings. The lowest BCUT2D eigenvalue weighted by atomic mass is 10.2. The molecule has 0 aromatic heterocycles. The summed E-state index contributed by atoms with van der Waals surface area (Å²) in [4.78, 5) is 25.0. The molecule has 0 atom stereocenters. The maximum atomic E-state index is 13.5. The van der Waals surface area contributed by atoms with Gasteiger partial charge in [-0.15, -0.1) is 0 Å². The zero-order valence-electron chi connectivity index (χ0n) is 24.4. The first-order chi connectivity index (χ1) is 21.2. The van der Waals surface area contributed by atoms with Crippen LogP contribution >= 0.6 is 0 Å². The number of rotatable bonds is 13. The minimum atomic E-state index is -4.08. The number of aryl methyl sites for hydroxylation is 1. The predicted molar refractivity (Wildman–Crippen MR) is 168 cm³/mol. The highest BCUT2D eigenvalue weighted by Crippen LogP contribution is 2.25. The van der Waals surface area contributed by atoms with Crippen LogP contribution in [0.1, 0.15) is 11.1 Å². The van der Waals surface area contributed by atoms with Crippen LogP contribution in [0.4, 0.5) is 11.4 Å². The summed E-state index contributed by atoms with van der Waals surface area (Å²) in [5.74, 6) is 0.699. The molecule has 12 heteroatoms. The summed E-state index contributed by atoms with van der Waals surface area (Å²) in [6.45, 7) is 1.19. The summed E-state index contributed by atoms with van der Waals surface area (Å²) in [6, 6.07) is 26.4. The van der Waals surface area contributed by atoms with E-state index in [-0.39, 0.29) is 17.4 Å². The molecule has 0 radical (unpaired) electrons. The number of ether oxygens (including phenoxy) is 3. The Labute approximate surface area is 256 Å². The Morgan fingerprint density at radius 1 is 0.773 bits per heavy atom. The van der Waals surface area contributed by atoms with Crippen LogP contribution in [-0.4, -0.2) is 53.8 Å². The van der Waals surface area contributed by atoms with Crippen molar-refractivity contribution in [1.82, 2.24) is 5.43 Å². The molecule has 0 saturated carbocycles. The molecule has 0 unspecified atom stereocenters. The fraction of sp³-hybridized carbons (Fsp3) is 0.156. The monoisotopic (exact) mass is 616 g/mol. The van der Waals surface area contributed by atoms with E-state index in [2.05, 4.69) is 15.8 Å². The van der Waals surface area contributed by atoms with Gasteiger partial charge in [-0.25, -0.2) is 13.8 Å². The highest BCUT2D eigenvalue weighted by molar-refractivity contribution is 7.92. The number of sulfonamides is 1. The molecule has 44 heavy (non-hydrogen) atoms. The van der Waals surface area contributed by atoms with Crippen molar-refractivity contribution >= 4 is 39.4 Å². The zero-order valence-corrected chi connectivity index (χ0v) is 25.2. The van der Waals surface area contributed by atoms with E-state index >= 15 is 0 Å². The van der Waals surface area contributed by atoms with Crippen molar-refractivity contribution in [3.8, 4) is 17.2 Å². The number of hydrogen-bond donors (Lipinski definition) is 2. The van der Waals surface area contributed by atoms with E-state index in [4.69, 9.17) is 14.2 Å². The zero-order chi connectivity index (χ0) is 31.5. The SMILES string of the molecule is COc1ccc(NC(=O)COc2ccc(/C=N\NC(=O)CN(c3ccc(C)cc3)S(=O)(=O)c3ccc(OC)cc3)cc2)cc1. The summed E-state index contributed by atoms with van der Waals surface area (Å²) in [5, 5.41) is 6.70. The largest absolute Gasteiger partial charge is 0.497 e. The van der Waals surface area contributed by atoms with Gasteiger partial charge < -0.3 is 19.5 Å². The van der Waals surface area contributed by atoms with Gasteiger partial charge in [0.1, 0.15) is 23.8 Å². The average Bonchev–Trinajstić information content (AvgIpc) is 3.04. The Balaban J connectivity index is 1.34. The number of methoxy groups -OCH3 is 2. The molecule has 0 aliphatic rings. The van der Waals surface area contributed by atoms with Gasteiger partial charge in [-0.2, -0.15) is 5.10 Å². The minimum absolute atomic E-state index is 0.00991. The van der Waals surface area contributed by atoms with Crippen LogP contribution in [-0.2, 0) is 19.6 Å². The average molecular weight is 617 g/mol. The van der Waals surface area contributed by atoms with E-state index in [0.717, 1.165) is 9.87 Å². The normalized spacial score (nSPS) is 11.1. The number of carbonyl (C=O) groups is 2. The van der Waals surface area contributed by atoms with Gasteiger partial charge in [-0.3, -0.25) is 13.9 Å². The molecular weight excluding hydrogens is 584 g/mol. The molecule has 0 bridgehead atoms. The summed E-state index contributed by atoms with van der Waals surface area (Å²) in [7, 11) is -1.03. The summed E-state index contributed by atoms with van der Waals surface area (Å²) in [6.07, 6.45) is 1.41. The third-order valence-electron chi connectivity index (χ3n) is 6.28. The Bertz CT molecular complexity index is 1690. The van der Waals surface area contributed by atoms with Gasteiger partial charge in [0.25, 0.3) is 21.8 Å². The quantitative estimate of drug-likeness (QED) is 0.168. The van der Waals surface area contributed by atoms with Gasteiger partial charge in [0.05, 0.1) is 31.0 Å². The second-order valence-electron chi connectivity index (χ2n) is 9.45. The van der Waals surface area contributed by atoms with Gasteiger partial charge in [0.2, 0.25) is 0 Å². The Kier molecular flexibility index (Phi) is 10.5. The van der Waals surface area contributed by atoms with Crippen molar-refractivity contribution in [3.63, 3.8) is 0 Å². The lowest BCUT2D eigenvalue weighted by molar-refractivity contribution is -0.119. The molecule has 0 aliphatic carbocycles. The van der Waals surface area contributed by atoms with Crippen molar-refractivity contribution in [1.29, 1.82) is 0 Å². The van der Waals surface area contributed by atoms with E-state index < -0.39 is 22.5 Å². The van der Waals surface area contributed by atoms with E-state index in [1.54, 1.807) is 79.9 Å². The third kappa shape index (κ3) is 8.58. The number of hydrogen-bond acceptors (Lipinski definition) is 8. The maximum Gasteiger partial charge on any atom is 0.264 e. The van der Waals surface area contributed by atoms with Crippen LogP contribution in [0, 0.1) is 6.92 Å². The van der Waals surface area contributed by atoms with Crippen LogP contribution < -0.4 is 29.3 Å². The first-order valence-corrected chi connectivity index (χ1v) is 14.8. The first-order valence-electron chi connectivity index (χ1n) is 13.4. The number of hydrazone groups is 1. The van der Waals surface area contributed by atoms with Crippen LogP contribution in [0.5, 0.6) is 17.2 Å². The Morgan fingerprint density at radius 3 is 1.93 bits per heavy atom. The number of nitrogens with one attached hydrogen (secondary N) is 2. The molecule has 228 valence electrons. The number of benzene rings is 4. The van der Waals surface area contributed by atoms with Gasteiger partial charge in [0.15, 0.2) is 6.61 Å². The van der Waals surface area contributed by atoms with Gasteiger partial charge in [-0.1, -0.05) is 17.7 Å². The minimum Gasteiger partial charge on any atom is -0.497 e. The van der Waals surface area contributed by atoms with Crippen LogP contribution in [0.3, 0.4) is 0 Å². The molecule has 2 amide bonds. The van der Waals surface area contributed by atoms with Crippen LogP contribution in [0.2, 0.25) is 0 Å². The molecule has 0 aliphatic heterocycles. The van der Waals surface area contributed by atoms with E-state index in [9.17, 15) is 18.0 Å². The van der Waals surface area contributed by atoms with E-state index in [1.807, 2.05) is 6.92 Å². The first kappa shape index (κ1) is 31.6. The van der Waals surface area contributed by atoms with Crippen molar-refractivity contribution in [2.24, 2.45) is 5.10 Å². The lowest BCUT2D eigenvalue weighted by Crippen LogP contribution is -2.39. The van der Waals surface area contributed by atoms with Gasteiger partial charge in [0, 0.05) is 5.69 Å². The summed E-state index contributed by atoms with van der Waals surface area (Å²) in [5.41, 5.74) is 4.92. The highest BCUT2D eigenvalue weighted by Gasteiger charge is 2.27. The molecule has 0 spiro atoms. The summed E-state index contributed by atoms with van der Waals surface area (Å²) >= 11 is 0. The molecule has 4 aromatic carbocycles. The Morgan fingerprint density at radius 2 is 1.34 bits per heavy atom. The van der Waals surface area contributed by atoms with Crippen molar-refractivity contribution in [2.75, 3.05) is 37.0 Å². The summed E-state index contributed by atoms with van der Waals surface area (Å²) < 4.78 is 43.8. The Hall–Kier alpha value is -5.36. The molecule has 4 aromatic rings. The topological polar surface area (TPSA) is 136 Å². The smallest absolute Gasteiger partial charge is 0.264 e. The van der Waals surface area contributed by atoms with Crippen molar-refractivity contribution in [2.45, 2.75) is 11.8 Å². The second kappa shape index (κ2) is 14.7. The lowest BCUT2D eigenvalue weighted by Gasteiger charge is -2.24. The second-order valence-corrected chi connectivity index (χ2v) is 11.3. The fourth-order valence-corrected chi connectivity index (χ4v) is 5.34. The van der Waals surface area contributed by atoms with Gasteiger partial charge in [-0.05, 0) is 97.4 Å². The number of nitrogens with zero attached hydrogens (tertiary/aromatic N) is 2. The predicted octanol–water partition coefficient (Wildman–Crippen LogP) is 4.38. The molecule has 0 saturated heterocycles. The van der Waals surface area contributed by atoms with Gasteiger partial charge >= 0.3 is 0 Å². The molecule has 0 heterocycles. The highest BCUT2D eigenvalue weighted by atomic mass is 32.2. The third-order valence-corrected chi connectivity index (χ3v) is 8.07. The van der Waals surface area contributed by atoms with Crippen LogP contribution in [0.15, 0.2) is 107 Å². The standard InChI is InChI=1S/C32H32N4O7S/c1-23-4-10-26(11-5-23)36(44(39,40)30-18-16-28(42-3)17-19-30)21-31(37)35-33-20-24-6-12-29(13-7-24)43-22-32(38)34-25-8-14-27(41-2)15-9-25/h4-20H,21-22H2,1-3H3,(H,34,38)(H,35,37)/b33-20-. The molecule has 4 rings (SSSR count). The molecular formula is C32H32N4O7S. The number of amides is 2. The van der Waals surface area contributed by atoms with E-state index in [1.165, 1.54) is 37.6 Å². The molecule has 2 N–H and O–H groups in total. The van der Waals surface area contributed by atoms with Crippen molar-refractivity contribution < 1.29 is 32.2 Å². The maximum absolute atomic E-state index is 13.5.